The van der Waals surface area contributed by atoms with E-state index < -0.39 is 5.91 Å². The Morgan fingerprint density at radius 1 is 1.33 bits per heavy atom. The Bertz CT molecular complexity index is 288. The Labute approximate surface area is 89.4 Å². The van der Waals surface area contributed by atoms with Gasteiger partial charge in [0.15, 0.2) is 0 Å². The van der Waals surface area contributed by atoms with Gasteiger partial charge in [0.2, 0.25) is 5.91 Å². The van der Waals surface area contributed by atoms with Crippen LogP contribution < -0.4 is 11.2 Å². The number of hydrogen-bond acceptors (Lipinski definition) is 3. The average molecular weight is 208 g/mol. The van der Waals surface area contributed by atoms with Gasteiger partial charge >= 0.3 is 0 Å². The number of nitrogens with one attached hydrogen (secondary N) is 1. The molecule has 0 radical (unpaired) electrons. The average Bonchev–Trinajstić information content (AvgIpc) is 2.24. The van der Waals surface area contributed by atoms with Crippen LogP contribution in [0.5, 0.6) is 0 Å². The van der Waals surface area contributed by atoms with Crippen LogP contribution in [0.2, 0.25) is 0 Å². The van der Waals surface area contributed by atoms with E-state index in [-0.39, 0.29) is 6.61 Å². The lowest BCUT2D eigenvalue weighted by atomic mass is 10.1. The minimum absolute atomic E-state index is 0.0780. The molecule has 15 heavy (non-hydrogen) atoms. The molecule has 0 heterocycles. The third-order valence-electron chi connectivity index (χ3n) is 1.90. The van der Waals surface area contributed by atoms with Crippen molar-refractivity contribution in [3.8, 4) is 0 Å². The molecule has 0 aliphatic heterocycles. The van der Waals surface area contributed by atoms with Gasteiger partial charge in [0.25, 0.3) is 0 Å². The van der Waals surface area contributed by atoms with Gasteiger partial charge in [-0.25, -0.2) is 5.48 Å². The van der Waals surface area contributed by atoms with E-state index >= 15 is 0 Å². The van der Waals surface area contributed by atoms with Crippen molar-refractivity contribution in [2.24, 2.45) is 5.73 Å². The molecular formula is C11H16N2O2. The number of carbonyl (C=O) groups excluding carboxylic acids is 1. The highest BCUT2D eigenvalue weighted by Gasteiger charge is 1.94. The molecule has 0 atom stereocenters. The first-order valence-electron chi connectivity index (χ1n) is 4.96. The van der Waals surface area contributed by atoms with Crippen LogP contribution in [-0.2, 0) is 16.1 Å². The topological polar surface area (TPSA) is 64.4 Å². The van der Waals surface area contributed by atoms with Crippen LogP contribution in [0.3, 0.4) is 0 Å². The van der Waals surface area contributed by atoms with E-state index in [0.717, 1.165) is 12.8 Å². The lowest BCUT2D eigenvalue weighted by molar-refractivity contribution is -0.125. The Balaban J connectivity index is 2.00. The molecule has 0 aliphatic rings. The number of amides is 1. The van der Waals surface area contributed by atoms with Crippen LogP contribution in [-0.4, -0.2) is 19.1 Å². The van der Waals surface area contributed by atoms with Gasteiger partial charge in [0, 0.05) is 6.54 Å². The maximum Gasteiger partial charge on any atom is 0.245 e. The Morgan fingerprint density at radius 3 is 2.73 bits per heavy atom. The standard InChI is InChI=1S/C11H16N2O2/c12-11(14)9-15-13-8-4-7-10-5-2-1-3-6-10/h1-3,5-6,13H,4,7-9H2,(H2,12,14). The SMILES string of the molecule is NC(=O)CONCCCc1ccccc1. The second-order valence-corrected chi connectivity index (χ2v) is 3.24. The second-order valence-electron chi connectivity index (χ2n) is 3.24. The van der Waals surface area contributed by atoms with Gasteiger partial charge in [-0.2, -0.15) is 0 Å². The first kappa shape index (κ1) is 11.7. The van der Waals surface area contributed by atoms with E-state index in [1.165, 1.54) is 5.56 Å². The molecule has 0 spiro atoms. The third kappa shape index (κ3) is 5.83. The summed E-state index contributed by atoms with van der Waals surface area (Å²) in [7, 11) is 0. The summed E-state index contributed by atoms with van der Waals surface area (Å²) in [6, 6.07) is 10.2. The van der Waals surface area contributed by atoms with Crippen molar-refractivity contribution in [3.05, 3.63) is 35.9 Å². The van der Waals surface area contributed by atoms with Gasteiger partial charge in [-0.3, -0.25) is 9.63 Å². The highest BCUT2D eigenvalue weighted by Crippen LogP contribution is 2.01. The summed E-state index contributed by atoms with van der Waals surface area (Å²) in [6.45, 7) is 0.632. The fourth-order valence-electron chi connectivity index (χ4n) is 1.20. The minimum Gasteiger partial charge on any atom is -0.368 e. The molecule has 3 N–H and O–H groups in total. The van der Waals surface area contributed by atoms with E-state index in [1.807, 2.05) is 18.2 Å². The second kappa shape index (κ2) is 6.98. The molecule has 0 aliphatic carbocycles. The fourth-order valence-corrected chi connectivity index (χ4v) is 1.20. The molecule has 82 valence electrons. The maximum atomic E-state index is 10.3. The molecule has 1 aromatic carbocycles. The zero-order chi connectivity index (χ0) is 10.9. The third-order valence-corrected chi connectivity index (χ3v) is 1.90. The summed E-state index contributed by atoms with van der Waals surface area (Å²) < 4.78 is 0. The van der Waals surface area contributed by atoms with Crippen molar-refractivity contribution in [2.75, 3.05) is 13.2 Å². The molecular weight excluding hydrogens is 192 g/mol. The quantitative estimate of drug-likeness (QED) is 0.510. The van der Waals surface area contributed by atoms with Crippen LogP contribution in [0.25, 0.3) is 0 Å². The number of rotatable bonds is 7. The molecule has 1 amide bonds. The Kier molecular flexibility index (Phi) is 5.43. The normalized spacial score (nSPS) is 10.1. The summed E-state index contributed by atoms with van der Waals surface area (Å²) in [5.41, 5.74) is 8.88. The first-order valence-corrected chi connectivity index (χ1v) is 4.96. The zero-order valence-corrected chi connectivity index (χ0v) is 8.61. The highest BCUT2D eigenvalue weighted by atomic mass is 16.6. The number of nitrogens with two attached hydrogens (primary N) is 1. The van der Waals surface area contributed by atoms with Gasteiger partial charge in [-0.05, 0) is 18.4 Å². The zero-order valence-electron chi connectivity index (χ0n) is 8.61. The summed E-state index contributed by atoms with van der Waals surface area (Å²) >= 11 is 0. The summed E-state index contributed by atoms with van der Waals surface area (Å²) in [4.78, 5) is 15.1. The van der Waals surface area contributed by atoms with Crippen LogP contribution >= 0.6 is 0 Å². The van der Waals surface area contributed by atoms with Crippen LogP contribution in [0.4, 0.5) is 0 Å². The number of hydrogen-bond donors (Lipinski definition) is 2. The van der Waals surface area contributed by atoms with Crippen molar-refractivity contribution in [1.82, 2.24) is 5.48 Å². The number of benzene rings is 1. The van der Waals surface area contributed by atoms with Gasteiger partial charge in [0.05, 0.1) is 0 Å². The van der Waals surface area contributed by atoms with E-state index in [4.69, 9.17) is 10.6 Å². The first-order chi connectivity index (χ1) is 7.29. The molecule has 0 bridgehead atoms. The van der Waals surface area contributed by atoms with E-state index in [2.05, 4.69) is 17.6 Å². The maximum absolute atomic E-state index is 10.3. The summed E-state index contributed by atoms with van der Waals surface area (Å²) in [5.74, 6) is -0.467. The Morgan fingerprint density at radius 2 is 2.07 bits per heavy atom. The molecule has 0 unspecified atom stereocenters. The summed E-state index contributed by atoms with van der Waals surface area (Å²) in [5, 5.41) is 0. The van der Waals surface area contributed by atoms with Gasteiger partial charge in [0.1, 0.15) is 6.61 Å². The van der Waals surface area contributed by atoms with Crippen molar-refractivity contribution in [3.63, 3.8) is 0 Å². The van der Waals surface area contributed by atoms with Gasteiger partial charge < -0.3 is 5.73 Å². The smallest absolute Gasteiger partial charge is 0.245 e. The number of aryl methyl sites for hydroxylation is 1. The molecule has 4 heteroatoms. The van der Waals surface area contributed by atoms with E-state index in [1.54, 1.807) is 0 Å². The molecule has 1 rings (SSSR count). The van der Waals surface area contributed by atoms with Crippen molar-refractivity contribution in [1.29, 1.82) is 0 Å². The molecule has 0 saturated heterocycles. The van der Waals surface area contributed by atoms with Crippen LogP contribution in [0.15, 0.2) is 30.3 Å². The Hall–Kier alpha value is -1.39. The molecule has 4 nitrogen and oxygen atoms in total. The van der Waals surface area contributed by atoms with E-state index in [0.29, 0.717) is 6.54 Å². The van der Waals surface area contributed by atoms with Crippen molar-refractivity contribution < 1.29 is 9.63 Å². The lowest BCUT2D eigenvalue weighted by Gasteiger charge is -2.03. The number of hydroxylamine groups is 1. The van der Waals surface area contributed by atoms with E-state index in [9.17, 15) is 4.79 Å². The lowest BCUT2D eigenvalue weighted by Crippen LogP contribution is -2.25. The predicted molar refractivity (Wildman–Crippen MR) is 57.9 cm³/mol. The number of primary amides is 1. The van der Waals surface area contributed by atoms with Gasteiger partial charge in [-0.1, -0.05) is 30.3 Å². The highest BCUT2D eigenvalue weighted by molar-refractivity contribution is 5.74. The largest absolute Gasteiger partial charge is 0.368 e. The molecule has 0 saturated carbocycles. The van der Waals surface area contributed by atoms with Crippen molar-refractivity contribution >= 4 is 5.91 Å². The summed E-state index contributed by atoms with van der Waals surface area (Å²) in [6.07, 6.45) is 1.95. The fraction of sp³-hybridized carbons (Fsp3) is 0.364. The number of carbonyl (C=O) groups is 1. The van der Waals surface area contributed by atoms with Crippen LogP contribution in [0, 0.1) is 0 Å². The van der Waals surface area contributed by atoms with Gasteiger partial charge in [-0.15, -0.1) is 0 Å². The monoisotopic (exact) mass is 208 g/mol. The molecule has 0 aromatic heterocycles. The molecule has 1 aromatic rings. The van der Waals surface area contributed by atoms with Crippen LogP contribution in [0.1, 0.15) is 12.0 Å². The minimum atomic E-state index is -0.467. The predicted octanol–water partition coefficient (Wildman–Crippen LogP) is 0.626. The molecule has 0 fully saturated rings. The van der Waals surface area contributed by atoms with Crippen molar-refractivity contribution in [2.45, 2.75) is 12.8 Å².